The van der Waals surface area contributed by atoms with Crippen LogP contribution in [-0.4, -0.2) is 30.1 Å². The maximum atomic E-state index is 12.0. The number of rotatable bonds is 7. The SMILES string of the molecule is COc1cccc(C(C)CC(=O)N[C@H](C(=O)O)C(C)C)c1. The lowest BCUT2D eigenvalue weighted by molar-refractivity contribution is -0.143. The van der Waals surface area contributed by atoms with Crippen molar-refractivity contribution in [1.29, 1.82) is 0 Å². The predicted octanol–water partition coefficient (Wildman–Crippen LogP) is 2.41. The van der Waals surface area contributed by atoms with E-state index in [2.05, 4.69) is 5.32 Å². The highest BCUT2D eigenvalue weighted by molar-refractivity contribution is 5.84. The van der Waals surface area contributed by atoms with Crippen molar-refractivity contribution < 1.29 is 19.4 Å². The summed E-state index contributed by atoms with van der Waals surface area (Å²) < 4.78 is 5.16. The van der Waals surface area contributed by atoms with E-state index in [1.807, 2.05) is 31.2 Å². The van der Waals surface area contributed by atoms with E-state index in [4.69, 9.17) is 9.84 Å². The molecule has 1 unspecified atom stereocenters. The van der Waals surface area contributed by atoms with E-state index in [-0.39, 0.29) is 24.2 Å². The molecule has 0 aliphatic carbocycles. The Morgan fingerprint density at radius 3 is 2.48 bits per heavy atom. The lowest BCUT2D eigenvalue weighted by Crippen LogP contribution is -2.44. The van der Waals surface area contributed by atoms with Crippen LogP contribution in [-0.2, 0) is 9.59 Å². The fraction of sp³-hybridized carbons (Fsp3) is 0.500. The average molecular weight is 293 g/mol. The number of carboxylic acids is 1. The van der Waals surface area contributed by atoms with Crippen molar-refractivity contribution in [2.24, 2.45) is 5.92 Å². The first kappa shape index (κ1) is 17.0. The van der Waals surface area contributed by atoms with Gasteiger partial charge in [-0.05, 0) is 29.5 Å². The van der Waals surface area contributed by atoms with Crippen LogP contribution in [0.1, 0.15) is 38.7 Å². The zero-order chi connectivity index (χ0) is 16.0. The summed E-state index contributed by atoms with van der Waals surface area (Å²) in [5.74, 6) is -0.690. The Morgan fingerprint density at radius 1 is 1.29 bits per heavy atom. The fourth-order valence-electron chi connectivity index (χ4n) is 2.09. The van der Waals surface area contributed by atoms with Gasteiger partial charge in [-0.3, -0.25) is 4.79 Å². The number of ether oxygens (including phenoxy) is 1. The quantitative estimate of drug-likeness (QED) is 0.809. The molecule has 0 saturated heterocycles. The van der Waals surface area contributed by atoms with E-state index in [1.54, 1.807) is 21.0 Å². The lowest BCUT2D eigenvalue weighted by Gasteiger charge is -2.19. The van der Waals surface area contributed by atoms with Gasteiger partial charge in [0, 0.05) is 6.42 Å². The minimum Gasteiger partial charge on any atom is -0.497 e. The number of carbonyl (C=O) groups excluding carboxylic acids is 1. The van der Waals surface area contributed by atoms with Crippen LogP contribution in [0.3, 0.4) is 0 Å². The molecule has 0 bridgehead atoms. The Hall–Kier alpha value is -2.04. The molecule has 0 saturated carbocycles. The number of carbonyl (C=O) groups is 2. The van der Waals surface area contributed by atoms with E-state index in [1.165, 1.54) is 0 Å². The van der Waals surface area contributed by atoms with Crippen molar-refractivity contribution in [2.75, 3.05) is 7.11 Å². The first-order valence-corrected chi connectivity index (χ1v) is 7.01. The van der Waals surface area contributed by atoms with Crippen molar-refractivity contribution in [2.45, 2.75) is 39.2 Å². The second-order valence-corrected chi connectivity index (χ2v) is 5.51. The third kappa shape index (κ3) is 5.10. The maximum Gasteiger partial charge on any atom is 0.326 e. The van der Waals surface area contributed by atoms with Crippen LogP contribution in [0.15, 0.2) is 24.3 Å². The zero-order valence-corrected chi connectivity index (χ0v) is 12.9. The molecular weight excluding hydrogens is 270 g/mol. The molecule has 116 valence electrons. The van der Waals surface area contributed by atoms with Gasteiger partial charge >= 0.3 is 5.97 Å². The van der Waals surface area contributed by atoms with Gasteiger partial charge < -0.3 is 15.2 Å². The molecule has 2 N–H and O–H groups in total. The number of amides is 1. The van der Waals surface area contributed by atoms with Gasteiger partial charge in [0.15, 0.2) is 0 Å². The number of methoxy groups -OCH3 is 1. The molecule has 0 aliphatic rings. The fourth-order valence-corrected chi connectivity index (χ4v) is 2.09. The van der Waals surface area contributed by atoms with E-state index < -0.39 is 12.0 Å². The summed E-state index contributed by atoms with van der Waals surface area (Å²) in [7, 11) is 1.59. The largest absolute Gasteiger partial charge is 0.497 e. The summed E-state index contributed by atoms with van der Waals surface area (Å²) in [5, 5.41) is 11.7. The molecule has 1 aromatic rings. The Labute approximate surface area is 125 Å². The molecule has 1 rings (SSSR count). The van der Waals surface area contributed by atoms with Crippen LogP contribution >= 0.6 is 0 Å². The van der Waals surface area contributed by atoms with E-state index >= 15 is 0 Å². The van der Waals surface area contributed by atoms with Gasteiger partial charge in [0.05, 0.1) is 7.11 Å². The minimum absolute atomic E-state index is 0.0123. The highest BCUT2D eigenvalue weighted by Crippen LogP contribution is 2.23. The van der Waals surface area contributed by atoms with Gasteiger partial charge in [0.25, 0.3) is 0 Å². The molecule has 0 fully saturated rings. The summed E-state index contributed by atoms with van der Waals surface area (Å²) in [6.45, 7) is 5.47. The molecule has 2 atom stereocenters. The van der Waals surface area contributed by atoms with Gasteiger partial charge in [0.1, 0.15) is 11.8 Å². The number of aliphatic carboxylic acids is 1. The molecule has 5 nitrogen and oxygen atoms in total. The third-order valence-electron chi connectivity index (χ3n) is 3.40. The van der Waals surface area contributed by atoms with Crippen molar-refractivity contribution in [3.05, 3.63) is 29.8 Å². The number of nitrogens with one attached hydrogen (secondary N) is 1. The highest BCUT2D eigenvalue weighted by atomic mass is 16.5. The van der Waals surface area contributed by atoms with Gasteiger partial charge in [-0.25, -0.2) is 4.79 Å². The van der Waals surface area contributed by atoms with Crippen molar-refractivity contribution >= 4 is 11.9 Å². The van der Waals surface area contributed by atoms with Crippen molar-refractivity contribution in [3.63, 3.8) is 0 Å². The van der Waals surface area contributed by atoms with Gasteiger partial charge in [-0.2, -0.15) is 0 Å². The summed E-state index contributed by atoms with van der Waals surface area (Å²) in [6, 6.07) is 6.67. The van der Waals surface area contributed by atoms with Crippen LogP contribution in [0.5, 0.6) is 5.75 Å². The van der Waals surface area contributed by atoms with Crippen LogP contribution in [0.25, 0.3) is 0 Å². The molecule has 1 amide bonds. The normalized spacial score (nSPS) is 13.6. The first-order chi connectivity index (χ1) is 9.85. The number of benzene rings is 1. The van der Waals surface area contributed by atoms with Gasteiger partial charge in [-0.15, -0.1) is 0 Å². The van der Waals surface area contributed by atoms with Gasteiger partial charge in [0.2, 0.25) is 5.91 Å². The summed E-state index contributed by atoms with van der Waals surface area (Å²) in [5.41, 5.74) is 0.987. The maximum absolute atomic E-state index is 12.0. The molecule has 0 heterocycles. The van der Waals surface area contributed by atoms with Crippen molar-refractivity contribution in [1.82, 2.24) is 5.32 Å². The second kappa shape index (κ2) is 7.67. The predicted molar refractivity (Wildman–Crippen MR) is 80.4 cm³/mol. The summed E-state index contributed by atoms with van der Waals surface area (Å²) in [4.78, 5) is 23.1. The van der Waals surface area contributed by atoms with Crippen LogP contribution < -0.4 is 10.1 Å². The Bertz CT molecular complexity index is 499. The van der Waals surface area contributed by atoms with Crippen LogP contribution in [0.2, 0.25) is 0 Å². The number of hydrogen-bond donors (Lipinski definition) is 2. The highest BCUT2D eigenvalue weighted by Gasteiger charge is 2.24. The average Bonchev–Trinajstić information content (AvgIpc) is 2.44. The first-order valence-electron chi connectivity index (χ1n) is 7.01. The van der Waals surface area contributed by atoms with Crippen molar-refractivity contribution in [3.8, 4) is 5.75 Å². The smallest absolute Gasteiger partial charge is 0.326 e. The molecule has 21 heavy (non-hydrogen) atoms. The monoisotopic (exact) mass is 293 g/mol. The van der Waals surface area contributed by atoms with Gasteiger partial charge in [-0.1, -0.05) is 32.9 Å². The van der Waals surface area contributed by atoms with E-state index in [9.17, 15) is 9.59 Å². The number of carboxylic acid groups (broad SMARTS) is 1. The molecule has 1 aromatic carbocycles. The zero-order valence-electron chi connectivity index (χ0n) is 12.9. The number of hydrogen-bond acceptors (Lipinski definition) is 3. The standard InChI is InChI=1S/C16H23NO4/c1-10(2)15(16(19)20)17-14(18)8-11(3)12-6-5-7-13(9-12)21-4/h5-7,9-11,15H,8H2,1-4H3,(H,17,18)(H,19,20)/t11?,15-/m0/s1. The molecular formula is C16H23NO4. The molecule has 0 aliphatic heterocycles. The summed E-state index contributed by atoms with van der Waals surface area (Å²) >= 11 is 0. The van der Waals surface area contributed by atoms with Crippen LogP contribution in [0, 0.1) is 5.92 Å². The Balaban J connectivity index is 2.67. The Kier molecular flexibility index (Phi) is 6.21. The van der Waals surface area contributed by atoms with Crippen LogP contribution in [0.4, 0.5) is 0 Å². The van der Waals surface area contributed by atoms with E-state index in [0.717, 1.165) is 11.3 Å². The third-order valence-corrected chi connectivity index (χ3v) is 3.40. The summed E-state index contributed by atoms with van der Waals surface area (Å²) in [6.07, 6.45) is 0.240. The lowest BCUT2D eigenvalue weighted by atomic mass is 9.96. The molecule has 0 aromatic heterocycles. The molecule has 0 radical (unpaired) electrons. The topological polar surface area (TPSA) is 75.6 Å². The molecule has 5 heteroatoms. The second-order valence-electron chi connectivity index (χ2n) is 5.51. The molecule has 0 spiro atoms. The minimum atomic E-state index is -1.01. The Morgan fingerprint density at radius 2 is 1.95 bits per heavy atom. The van der Waals surface area contributed by atoms with E-state index in [0.29, 0.717) is 0 Å².